The molecular weight excluding hydrogens is 324 g/mol. The van der Waals surface area contributed by atoms with Crippen LogP contribution >= 0.6 is 0 Å². The van der Waals surface area contributed by atoms with Crippen molar-refractivity contribution >= 4 is 0 Å². The second-order valence-electron chi connectivity index (χ2n) is 9.40. The Morgan fingerprint density at radius 1 is 0.654 bits per heavy atom. The lowest BCUT2D eigenvalue weighted by atomic mass is 9.81. The van der Waals surface area contributed by atoms with Crippen LogP contribution in [-0.2, 0) is 10.8 Å². The van der Waals surface area contributed by atoms with E-state index in [1.807, 2.05) is 67.5 Å². The molecule has 2 rings (SSSR count). The molecule has 0 heterocycles. The summed E-state index contributed by atoms with van der Waals surface area (Å²) in [5.41, 5.74) is 3.84. The van der Waals surface area contributed by atoms with E-state index in [-0.39, 0.29) is 22.3 Å². The molecule has 0 bridgehead atoms. The van der Waals surface area contributed by atoms with Crippen LogP contribution in [-0.4, -0.2) is 15.3 Å². The monoisotopic (exact) mass is 356 g/mol. The molecule has 0 saturated carbocycles. The minimum atomic E-state index is -1.10. The van der Waals surface area contributed by atoms with E-state index in [4.69, 9.17) is 0 Å². The van der Waals surface area contributed by atoms with Crippen LogP contribution in [0.2, 0.25) is 0 Å². The molecule has 142 valence electrons. The van der Waals surface area contributed by atoms with Gasteiger partial charge in [0.25, 0.3) is 0 Å². The molecule has 0 radical (unpaired) electrons. The van der Waals surface area contributed by atoms with Gasteiger partial charge in [0.15, 0.2) is 0 Å². The molecule has 3 heteroatoms. The van der Waals surface area contributed by atoms with Gasteiger partial charge in [0.2, 0.25) is 0 Å². The average Bonchev–Trinajstić information content (AvgIpc) is 2.48. The maximum Gasteiger partial charge on any atom is 0.125 e. The van der Waals surface area contributed by atoms with Crippen LogP contribution in [0.1, 0.15) is 81.0 Å². The number of aliphatic hydroxyl groups excluding tert-OH is 1. The first kappa shape index (κ1) is 20.3. The highest BCUT2D eigenvalue weighted by atomic mass is 16.3. The first-order chi connectivity index (χ1) is 11.7. The number of benzene rings is 2. The minimum absolute atomic E-state index is 0.0915. The van der Waals surface area contributed by atoms with Crippen LogP contribution < -0.4 is 0 Å². The van der Waals surface area contributed by atoms with Gasteiger partial charge in [-0.1, -0.05) is 64.8 Å². The summed E-state index contributed by atoms with van der Waals surface area (Å²) in [4.78, 5) is 0. The standard InChI is InChI=1S/C23H32O3/c1-13-9-15(20(25)17(11-13)22(3,4)5)19(24)16-10-14(2)12-18(21(16)26)23(6,7)8/h9-12,19,24-26H,1-8H3. The van der Waals surface area contributed by atoms with Crippen molar-refractivity contribution in [3.8, 4) is 11.5 Å². The van der Waals surface area contributed by atoms with Gasteiger partial charge in [0.1, 0.15) is 17.6 Å². The van der Waals surface area contributed by atoms with Gasteiger partial charge < -0.3 is 15.3 Å². The molecule has 0 aromatic heterocycles. The van der Waals surface area contributed by atoms with Crippen molar-refractivity contribution in [2.45, 2.75) is 72.3 Å². The molecule has 0 aliphatic rings. The summed E-state index contributed by atoms with van der Waals surface area (Å²) < 4.78 is 0. The molecule has 0 atom stereocenters. The minimum Gasteiger partial charge on any atom is -0.507 e. The van der Waals surface area contributed by atoms with Crippen LogP contribution in [0.25, 0.3) is 0 Å². The maximum atomic E-state index is 11.1. The molecule has 3 N–H and O–H groups in total. The molecule has 0 fully saturated rings. The van der Waals surface area contributed by atoms with E-state index >= 15 is 0 Å². The molecule has 0 amide bonds. The van der Waals surface area contributed by atoms with Crippen molar-refractivity contribution in [1.29, 1.82) is 0 Å². The predicted octanol–water partition coefficient (Wildman–Crippen LogP) is 5.39. The van der Waals surface area contributed by atoms with Crippen molar-refractivity contribution in [3.63, 3.8) is 0 Å². The van der Waals surface area contributed by atoms with Gasteiger partial charge in [-0.3, -0.25) is 0 Å². The Hall–Kier alpha value is -2.00. The molecule has 0 aliphatic carbocycles. The Balaban J connectivity index is 2.70. The van der Waals surface area contributed by atoms with Crippen LogP contribution in [0.4, 0.5) is 0 Å². The second kappa shape index (κ2) is 6.62. The zero-order valence-corrected chi connectivity index (χ0v) is 17.2. The zero-order chi connectivity index (χ0) is 20.0. The van der Waals surface area contributed by atoms with Gasteiger partial charge in [-0.25, -0.2) is 0 Å². The van der Waals surface area contributed by atoms with Gasteiger partial charge >= 0.3 is 0 Å². The summed E-state index contributed by atoms with van der Waals surface area (Å²) in [6.07, 6.45) is -1.10. The first-order valence-corrected chi connectivity index (χ1v) is 9.09. The van der Waals surface area contributed by atoms with Gasteiger partial charge in [-0.05, 0) is 47.9 Å². The average molecular weight is 357 g/mol. The summed E-state index contributed by atoms with van der Waals surface area (Å²) in [7, 11) is 0. The lowest BCUT2D eigenvalue weighted by Gasteiger charge is -2.27. The van der Waals surface area contributed by atoms with Crippen molar-refractivity contribution in [2.75, 3.05) is 0 Å². The zero-order valence-electron chi connectivity index (χ0n) is 17.2. The van der Waals surface area contributed by atoms with Gasteiger partial charge in [-0.15, -0.1) is 0 Å². The van der Waals surface area contributed by atoms with Gasteiger partial charge in [0, 0.05) is 11.1 Å². The third kappa shape index (κ3) is 3.88. The van der Waals surface area contributed by atoms with E-state index < -0.39 is 6.10 Å². The molecule has 0 spiro atoms. The summed E-state index contributed by atoms with van der Waals surface area (Å²) in [6.45, 7) is 16.1. The smallest absolute Gasteiger partial charge is 0.125 e. The summed E-state index contributed by atoms with van der Waals surface area (Å²) in [5, 5.41) is 32.7. The van der Waals surface area contributed by atoms with E-state index in [1.54, 1.807) is 12.1 Å². The lowest BCUT2D eigenvalue weighted by molar-refractivity contribution is 0.209. The van der Waals surface area contributed by atoms with Gasteiger partial charge in [0.05, 0.1) is 0 Å². The molecular formula is C23H32O3. The fourth-order valence-electron chi connectivity index (χ4n) is 3.34. The van der Waals surface area contributed by atoms with E-state index in [2.05, 4.69) is 0 Å². The quantitative estimate of drug-likeness (QED) is 0.676. The lowest BCUT2D eigenvalue weighted by Crippen LogP contribution is -2.15. The van der Waals surface area contributed by atoms with Crippen molar-refractivity contribution in [3.05, 3.63) is 57.6 Å². The normalized spacial score (nSPS) is 12.7. The Morgan fingerprint density at radius 3 is 1.23 bits per heavy atom. The number of aryl methyl sites for hydroxylation is 2. The summed E-state index contributed by atoms with van der Waals surface area (Å²) in [5.74, 6) is 0.183. The van der Waals surface area contributed by atoms with E-state index in [9.17, 15) is 15.3 Å². The highest BCUT2D eigenvalue weighted by Gasteiger charge is 2.28. The molecule has 2 aromatic carbocycles. The van der Waals surface area contributed by atoms with Crippen molar-refractivity contribution < 1.29 is 15.3 Å². The number of phenols is 2. The fraction of sp³-hybridized carbons (Fsp3) is 0.478. The van der Waals surface area contributed by atoms with Crippen LogP contribution in [0.15, 0.2) is 24.3 Å². The SMILES string of the molecule is Cc1cc(C(O)c2cc(C)cc(C(C)(C)C)c2O)c(O)c(C(C)(C)C)c1. The Labute approximate surface area is 157 Å². The van der Waals surface area contributed by atoms with E-state index in [0.717, 1.165) is 22.3 Å². The van der Waals surface area contributed by atoms with E-state index in [0.29, 0.717) is 11.1 Å². The number of hydrogen-bond donors (Lipinski definition) is 3. The molecule has 2 aromatic rings. The molecule has 0 unspecified atom stereocenters. The highest BCUT2D eigenvalue weighted by molar-refractivity contribution is 5.54. The number of hydrogen-bond acceptors (Lipinski definition) is 3. The van der Waals surface area contributed by atoms with Crippen LogP contribution in [0.3, 0.4) is 0 Å². The summed E-state index contributed by atoms with van der Waals surface area (Å²) in [6, 6.07) is 7.46. The van der Waals surface area contributed by atoms with Crippen molar-refractivity contribution in [1.82, 2.24) is 0 Å². The molecule has 3 nitrogen and oxygen atoms in total. The number of aliphatic hydroxyl groups is 1. The fourth-order valence-corrected chi connectivity index (χ4v) is 3.34. The number of rotatable bonds is 2. The highest BCUT2D eigenvalue weighted by Crippen LogP contribution is 2.43. The third-order valence-electron chi connectivity index (χ3n) is 4.77. The molecule has 26 heavy (non-hydrogen) atoms. The Bertz CT molecular complexity index is 751. The Morgan fingerprint density at radius 2 is 0.962 bits per heavy atom. The largest absolute Gasteiger partial charge is 0.507 e. The predicted molar refractivity (Wildman–Crippen MR) is 107 cm³/mol. The number of phenolic OH excluding ortho intramolecular Hbond substituents is 2. The van der Waals surface area contributed by atoms with Crippen molar-refractivity contribution in [2.24, 2.45) is 0 Å². The first-order valence-electron chi connectivity index (χ1n) is 9.09. The van der Waals surface area contributed by atoms with Gasteiger partial charge in [-0.2, -0.15) is 0 Å². The topological polar surface area (TPSA) is 60.7 Å². The summed E-state index contributed by atoms with van der Waals surface area (Å²) >= 11 is 0. The van der Waals surface area contributed by atoms with Crippen LogP contribution in [0.5, 0.6) is 11.5 Å². The molecule has 0 aliphatic heterocycles. The number of aromatic hydroxyl groups is 2. The Kier molecular flexibility index (Phi) is 5.17. The molecule has 0 saturated heterocycles. The van der Waals surface area contributed by atoms with E-state index in [1.165, 1.54) is 0 Å². The maximum absolute atomic E-state index is 11.1. The van der Waals surface area contributed by atoms with Crippen LogP contribution in [0, 0.1) is 13.8 Å². The second-order valence-corrected chi connectivity index (χ2v) is 9.40. The third-order valence-corrected chi connectivity index (χ3v) is 4.77.